The van der Waals surface area contributed by atoms with Gasteiger partial charge in [0.1, 0.15) is 5.82 Å². The van der Waals surface area contributed by atoms with E-state index >= 15 is 0 Å². The third-order valence-corrected chi connectivity index (χ3v) is 7.23. The number of hydrogen-bond donors (Lipinski definition) is 3. The Bertz CT molecular complexity index is 833. The van der Waals surface area contributed by atoms with Gasteiger partial charge in [-0.1, -0.05) is 18.0 Å². The quantitative estimate of drug-likeness (QED) is 0.497. The number of halogens is 2. The zero-order valence-corrected chi connectivity index (χ0v) is 15.4. The third-order valence-electron chi connectivity index (χ3n) is 4.67. The minimum atomic E-state index is -3.26. The average molecular weight is 404 g/mol. The molecule has 3 N–H and O–H groups in total. The van der Waals surface area contributed by atoms with Crippen LogP contribution >= 0.6 is 11.6 Å². The number of sulfone groups is 1. The Kier molecular flexibility index (Phi) is 5.38. The Balaban J connectivity index is 1.45. The van der Waals surface area contributed by atoms with Crippen molar-refractivity contribution in [3.8, 4) is 0 Å². The van der Waals surface area contributed by atoms with Crippen LogP contribution in [-0.2, 0) is 14.6 Å². The molecule has 26 heavy (non-hydrogen) atoms. The molecular formula is C16H19ClFN3O4S. The highest BCUT2D eigenvalue weighted by atomic mass is 35.5. The van der Waals surface area contributed by atoms with Gasteiger partial charge in [-0.05, 0) is 31.0 Å². The molecule has 10 heteroatoms. The van der Waals surface area contributed by atoms with Gasteiger partial charge in [-0.25, -0.2) is 17.6 Å². The Hall–Kier alpha value is -1.87. The Morgan fingerprint density at radius 2 is 2.08 bits per heavy atom. The molecule has 3 amide bonds. The lowest BCUT2D eigenvalue weighted by molar-refractivity contribution is -0.116. The number of fused-ring (bicyclic) bond motifs is 1. The van der Waals surface area contributed by atoms with Gasteiger partial charge in [0.05, 0.1) is 28.1 Å². The molecule has 7 nitrogen and oxygen atoms in total. The van der Waals surface area contributed by atoms with Crippen molar-refractivity contribution >= 4 is 39.1 Å². The largest absolute Gasteiger partial charge is 0.332 e. The van der Waals surface area contributed by atoms with Crippen LogP contribution < -0.4 is 16.0 Å². The second kappa shape index (κ2) is 7.40. The van der Waals surface area contributed by atoms with Gasteiger partial charge in [-0.3, -0.25) is 4.79 Å². The number of benzene rings is 1. The smallest absolute Gasteiger partial charge is 0.315 e. The molecule has 1 aromatic rings. The number of amides is 3. The molecule has 0 aromatic heterocycles. The van der Waals surface area contributed by atoms with Gasteiger partial charge < -0.3 is 16.0 Å². The van der Waals surface area contributed by atoms with Crippen LogP contribution in [0, 0.1) is 5.82 Å². The second-order valence-electron chi connectivity index (χ2n) is 6.54. The van der Waals surface area contributed by atoms with Gasteiger partial charge in [0, 0.05) is 12.1 Å². The number of carbonyl (C=O) groups is 2. The number of carbonyl (C=O) groups excluding carboxylic acids is 2. The van der Waals surface area contributed by atoms with Gasteiger partial charge in [-0.15, -0.1) is 0 Å². The predicted octanol–water partition coefficient (Wildman–Crippen LogP) is 1.83. The molecule has 2 saturated heterocycles. The molecule has 2 heterocycles. The fourth-order valence-electron chi connectivity index (χ4n) is 3.43. The van der Waals surface area contributed by atoms with E-state index in [0.29, 0.717) is 24.9 Å². The van der Waals surface area contributed by atoms with Crippen molar-refractivity contribution in [1.82, 2.24) is 10.6 Å². The molecule has 0 aliphatic carbocycles. The molecule has 0 radical (unpaired) electrons. The number of hydrogen-bond acceptors (Lipinski definition) is 4. The van der Waals surface area contributed by atoms with Gasteiger partial charge in [0.2, 0.25) is 5.91 Å². The van der Waals surface area contributed by atoms with Gasteiger partial charge in [-0.2, -0.15) is 0 Å². The molecule has 2 aliphatic rings. The van der Waals surface area contributed by atoms with E-state index in [0.717, 1.165) is 0 Å². The van der Waals surface area contributed by atoms with Crippen molar-refractivity contribution < 1.29 is 22.4 Å². The molecule has 0 spiro atoms. The van der Waals surface area contributed by atoms with Crippen LogP contribution in [0.15, 0.2) is 18.2 Å². The Labute approximate surface area is 155 Å². The monoisotopic (exact) mass is 403 g/mol. The van der Waals surface area contributed by atoms with Crippen LogP contribution in [-0.4, -0.2) is 43.4 Å². The van der Waals surface area contributed by atoms with E-state index < -0.39 is 26.9 Å². The maximum Gasteiger partial charge on any atom is 0.315 e. The first-order chi connectivity index (χ1) is 12.3. The maximum atomic E-state index is 13.1. The van der Waals surface area contributed by atoms with E-state index in [9.17, 15) is 22.4 Å². The molecule has 3 rings (SSSR count). The van der Waals surface area contributed by atoms with Crippen molar-refractivity contribution in [3.05, 3.63) is 29.0 Å². The molecule has 0 bridgehead atoms. The molecule has 3 atom stereocenters. The number of nitrogens with one attached hydrogen (secondary N) is 3. The number of unbranched alkanes of at least 4 members (excludes halogenated alkanes) is 1. The lowest BCUT2D eigenvalue weighted by Gasteiger charge is -2.16. The lowest BCUT2D eigenvalue weighted by Crippen LogP contribution is -2.39. The summed E-state index contributed by atoms with van der Waals surface area (Å²) in [5.74, 6) is -0.864. The maximum absolute atomic E-state index is 13.1. The first kappa shape index (κ1) is 18.9. The van der Waals surface area contributed by atoms with Crippen LogP contribution in [0.25, 0.3) is 0 Å². The standard InChI is InChI=1S/C16H19ClFN3O4S/c17-10-7-9(5-6-11(10)18)19-14(22)4-2-1-3-13-15-12(8-26(13,24)25)20-16(23)21-15/h5-7,12-13,15H,1-4,8H2,(H,19,22)(H2,20,21,23)/t12-,13+,15-/m0/s1. The van der Waals surface area contributed by atoms with Crippen LogP contribution in [0.5, 0.6) is 0 Å². The average Bonchev–Trinajstić information content (AvgIpc) is 2.99. The van der Waals surface area contributed by atoms with E-state index in [1.165, 1.54) is 18.2 Å². The zero-order valence-electron chi connectivity index (χ0n) is 13.8. The van der Waals surface area contributed by atoms with E-state index in [1.807, 2.05) is 0 Å². The van der Waals surface area contributed by atoms with E-state index in [1.54, 1.807) is 0 Å². The first-order valence-electron chi connectivity index (χ1n) is 8.30. The number of urea groups is 1. The summed E-state index contributed by atoms with van der Waals surface area (Å²) < 4.78 is 37.5. The minimum absolute atomic E-state index is 0.0487. The SMILES string of the molecule is O=C(CCCC[C@@H]1[C@H]2NC(=O)N[C@H]2CS1(=O)=O)Nc1ccc(F)c(Cl)c1. The summed E-state index contributed by atoms with van der Waals surface area (Å²) >= 11 is 5.66. The predicted molar refractivity (Wildman–Crippen MR) is 95.3 cm³/mol. The summed E-state index contributed by atoms with van der Waals surface area (Å²) in [5, 5.41) is 7.21. The summed E-state index contributed by atoms with van der Waals surface area (Å²) in [5.41, 5.74) is 0.405. The van der Waals surface area contributed by atoms with E-state index in [2.05, 4.69) is 16.0 Å². The summed E-state index contributed by atoms with van der Waals surface area (Å²) in [4.78, 5) is 23.3. The molecule has 1 aromatic carbocycles. The number of rotatable bonds is 6. The van der Waals surface area contributed by atoms with E-state index in [-0.39, 0.29) is 35.2 Å². The lowest BCUT2D eigenvalue weighted by atomic mass is 10.0. The summed E-state index contributed by atoms with van der Waals surface area (Å²) in [6.45, 7) is 0. The summed E-state index contributed by atoms with van der Waals surface area (Å²) in [6, 6.07) is 2.81. The van der Waals surface area contributed by atoms with Crippen molar-refractivity contribution in [3.63, 3.8) is 0 Å². The van der Waals surface area contributed by atoms with Crippen molar-refractivity contribution in [2.24, 2.45) is 0 Å². The van der Waals surface area contributed by atoms with Crippen molar-refractivity contribution in [1.29, 1.82) is 0 Å². The highest BCUT2D eigenvalue weighted by molar-refractivity contribution is 7.92. The van der Waals surface area contributed by atoms with Crippen molar-refractivity contribution in [2.45, 2.75) is 43.0 Å². The van der Waals surface area contributed by atoms with Crippen LogP contribution in [0.2, 0.25) is 5.02 Å². The van der Waals surface area contributed by atoms with Crippen LogP contribution in [0.3, 0.4) is 0 Å². The number of anilines is 1. The minimum Gasteiger partial charge on any atom is -0.332 e. The second-order valence-corrected chi connectivity index (χ2v) is 9.21. The topological polar surface area (TPSA) is 104 Å². The Morgan fingerprint density at radius 3 is 2.81 bits per heavy atom. The highest BCUT2D eigenvalue weighted by Crippen LogP contribution is 2.28. The van der Waals surface area contributed by atoms with Crippen molar-refractivity contribution in [2.75, 3.05) is 11.1 Å². The molecule has 2 aliphatic heterocycles. The van der Waals surface area contributed by atoms with Gasteiger partial charge in [0.15, 0.2) is 9.84 Å². The normalized spacial score (nSPS) is 26.1. The first-order valence-corrected chi connectivity index (χ1v) is 10.4. The van der Waals surface area contributed by atoms with Crippen LogP contribution in [0.1, 0.15) is 25.7 Å². The molecule has 142 valence electrons. The molecule has 2 fully saturated rings. The fraction of sp³-hybridized carbons (Fsp3) is 0.500. The Morgan fingerprint density at radius 1 is 1.31 bits per heavy atom. The zero-order chi connectivity index (χ0) is 18.9. The molecular weight excluding hydrogens is 385 g/mol. The summed E-state index contributed by atoms with van der Waals surface area (Å²) in [7, 11) is -3.26. The van der Waals surface area contributed by atoms with Gasteiger partial charge >= 0.3 is 6.03 Å². The highest BCUT2D eigenvalue weighted by Gasteiger charge is 2.51. The third kappa shape index (κ3) is 4.09. The fourth-order valence-corrected chi connectivity index (χ4v) is 5.88. The summed E-state index contributed by atoms with van der Waals surface area (Å²) in [6.07, 6.45) is 1.65. The van der Waals surface area contributed by atoms with Gasteiger partial charge in [0.25, 0.3) is 0 Å². The van der Waals surface area contributed by atoms with E-state index in [4.69, 9.17) is 11.6 Å². The van der Waals surface area contributed by atoms with Crippen LogP contribution in [0.4, 0.5) is 14.9 Å². The molecule has 0 unspecified atom stereocenters. The molecule has 0 saturated carbocycles.